The van der Waals surface area contributed by atoms with Crippen LogP contribution in [0, 0.1) is 5.92 Å². The lowest BCUT2D eigenvalue weighted by atomic mass is 9.88. The Hall–Kier alpha value is -0.120. The molecule has 0 aliphatic carbocycles. The Kier molecular flexibility index (Phi) is 5.42. The van der Waals surface area contributed by atoms with E-state index < -0.39 is 0 Å². The van der Waals surface area contributed by atoms with Crippen LogP contribution < -0.4 is 5.73 Å². The highest BCUT2D eigenvalue weighted by atomic mass is 16.5. The van der Waals surface area contributed by atoms with E-state index in [1.165, 1.54) is 12.8 Å². The van der Waals surface area contributed by atoms with Gasteiger partial charge in [-0.3, -0.25) is 4.90 Å². The van der Waals surface area contributed by atoms with Crippen molar-refractivity contribution in [2.75, 3.05) is 20.2 Å². The third kappa shape index (κ3) is 3.67. The van der Waals surface area contributed by atoms with Crippen LogP contribution in [-0.4, -0.2) is 42.8 Å². The molecule has 1 heterocycles. The lowest BCUT2D eigenvalue weighted by Crippen LogP contribution is -2.55. The minimum Gasteiger partial charge on any atom is -0.377 e. The van der Waals surface area contributed by atoms with E-state index in [9.17, 15) is 0 Å². The third-order valence-corrected chi connectivity index (χ3v) is 4.39. The maximum absolute atomic E-state index is 6.02. The summed E-state index contributed by atoms with van der Waals surface area (Å²) in [5.74, 6) is 0.742. The zero-order chi connectivity index (χ0) is 13.1. The van der Waals surface area contributed by atoms with Gasteiger partial charge in [0.1, 0.15) is 0 Å². The van der Waals surface area contributed by atoms with Crippen LogP contribution in [0.5, 0.6) is 0 Å². The minimum absolute atomic E-state index is 0.108. The van der Waals surface area contributed by atoms with Crippen LogP contribution in [0.1, 0.15) is 47.0 Å². The molecule has 102 valence electrons. The van der Waals surface area contributed by atoms with Crippen LogP contribution in [0.2, 0.25) is 0 Å². The first kappa shape index (κ1) is 14.9. The molecule has 1 fully saturated rings. The predicted octanol–water partition coefficient (Wildman–Crippen LogP) is 2.25. The summed E-state index contributed by atoms with van der Waals surface area (Å²) >= 11 is 0. The van der Waals surface area contributed by atoms with Gasteiger partial charge in [0, 0.05) is 24.7 Å². The standard InChI is InChI=1S/C14H30N2O/c1-11(2)6-8-14(4,10-15)16(5)13-7-9-17-12(13)3/h11-13H,6-10,15H2,1-5H3. The SMILES string of the molecule is CC(C)CCC(C)(CN)N(C)C1CCOC1C. The van der Waals surface area contributed by atoms with Gasteiger partial charge >= 0.3 is 0 Å². The Balaban J connectivity index is 2.63. The second-order valence-corrected chi connectivity index (χ2v) is 6.18. The topological polar surface area (TPSA) is 38.5 Å². The van der Waals surface area contributed by atoms with E-state index in [0.29, 0.717) is 12.1 Å². The van der Waals surface area contributed by atoms with Gasteiger partial charge < -0.3 is 10.5 Å². The smallest absolute Gasteiger partial charge is 0.0703 e. The molecule has 1 aliphatic heterocycles. The van der Waals surface area contributed by atoms with Gasteiger partial charge in [-0.15, -0.1) is 0 Å². The molecular weight excluding hydrogens is 212 g/mol. The van der Waals surface area contributed by atoms with Crippen LogP contribution in [0.3, 0.4) is 0 Å². The predicted molar refractivity (Wildman–Crippen MR) is 73.1 cm³/mol. The van der Waals surface area contributed by atoms with E-state index in [0.717, 1.165) is 25.5 Å². The summed E-state index contributed by atoms with van der Waals surface area (Å²) in [6.07, 6.45) is 3.88. The van der Waals surface area contributed by atoms with Gasteiger partial charge in [0.05, 0.1) is 6.10 Å². The van der Waals surface area contributed by atoms with Crippen molar-refractivity contribution in [1.29, 1.82) is 0 Å². The molecule has 0 aromatic rings. The molecule has 3 atom stereocenters. The van der Waals surface area contributed by atoms with Gasteiger partial charge in [-0.1, -0.05) is 13.8 Å². The maximum Gasteiger partial charge on any atom is 0.0703 e. The molecule has 0 spiro atoms. The molecule has 1 aliphatic rings. The highest BCUT2D eigenvalue weighted by molar-refractivity contribution is 4.93. The van der Waals surface area contributed by atoms with Crippen LogP contribution in [-0.2, 0) is 4.74 Å². The van der Waals surface area contributed by atoms with E-state index in [-0.39, 0.29) is 5.54 Å². The van der Waals surface area contributed by atoms with Crippen LogP contribution >= 0.6 is 0 Å². The highest BCUT2D eigenvalue weighted by Crippen LogP contribution is 2.28. The first-order valence-electron chi connectivity index (χ1n) is 6.95. The molecule has 17 heavy (non-hydrogen) atoms. The van der Waals surface area contributed by atoms with E-state index in [2.05, 4.69) is 39.6 Å². The maximum atomic E-state index is 6.02. The summed E-state index contributed by atoms with van der Waals surface area (Å²) in [6.45, 7) is 10.6. The summed E-state index contributed by atoms with van der Waals surface area (Å²) in [5.41, 5.74) is 6.13. The molecule has 0 saturated carbocycles. The Morgan fingerprint density at radius 3 is 2.53 bits per heavy atom. The summed E-state index contributed by atoms with van der Waals surface area (Å²) in [6, 6.07) is 0.524. The van der Waals surface area contributed by atoms with Crippen molar-refractivity contribution in [2.24, 2.45) is 11.7 Å². The summed E-state index contributed by atoms with van der Waals surface area (Å²) in [5, 5.41) is 0. The average Bonchev–Trinajstić information content (AvgIpc) is 2.71. The molecule has 0 bridgehead atoms. The van der Waals surface area contributed by atoms with Gasteiger partial charge in [-0.05, 0) is 46.1 Å². The molecule has 1 saturated heterocycles. The molecule has 0 amide bonds. The number of nitrogens with zero attached hydrogens (tertiary/aromatic N) is 1. The van der Waals surface area contributed by atoms with Gasteiger partial charge in [0.25, 0.3) is 0 Å². The van der Waals surface area contributed by atoms with Crippen molar-refractivity contribution in [3.05, 3.63) is 0 Å². The van der Waals surface area contributed by atoms with Crippen molar-refractivity contribution in [1.82, 2.24) is 4.90 Å². The summed E-state index contributed by atoms with van der Waals surface area (Å²) in [7, 11) is 2.21. The van der Waals surface area contributed by atoms with Crippen molar-refractivity contribution < 1.29 is 4.74 Å². The van der Waals surface area contributed by atoms with Crippen molar-refractivity contribution in [3.8, 4) is 0 Å². The van der Waals surface area contributed by atoms with E-state index >= 15 is 0 Å². The van der Waals surface area contributed by atoms with Crippen LogP contribution in [0.4, 0.5) is 0 Å². The van der Waals surface area contributed by atoms with Crippen molar-refractivity contribution >= 4 is 0 Å². The second-order valence-electron chi connectivity index (χ2n) is 6.18. The Morgan fingerprint density at radius 1 is 1.47 bits per heavy atom. The molecule has 2 N–H and O–H groups in total. The summed E-state index contributed by atoms with van der Waals surface area (Å²) < 4.78 is 5.67. The number of hydrogen-bond donors (Lipinski definition) is 1. The van der Waals surface area contributed by atoms with E-state index in [4.69, 9.17) is 10.5 Å². The Morgan fingerprint density at radius 2 is 2.12 bits per heavy atom. The van der Waals surface area contributed by atoms with E-state index in [1.807, 2.05) is 0 Å². The summed E-state index contributed by atoms with van der Waals surface area (Å²) in [4.78, 5) is 2.47. The zero-order valence-corrected chi connectivity index (χ0v) is 12.2. The van der Waals surface area contributed by atoms with Crippen LogP contribution in [0.25, 0.3) is 0 Å². The van der Waals surface area contributed by atoms with Gasteiger partial charge in [-0.2, -0.15) is 0 Å². The van der Waals surface area contributed by atoms with Gasteiger partial charge in [-0.25, -0.2) is 0 Å². The minimum atomic E-state index is 0.108. The third-order valence-electron chi connectivity index (χ3n) is 4.39. The first-order valence-corrected chi connectivity index (χ1v) is 6.95. The fraction of sp³-hybridized carbons (Fsp3) is 1.00. The molecular formula is C14H30N2O. The van der Waals surface area contributed by atoms with Gasteiger partial charge in [0.2, 0.25) is 0 Å². The molecule has 1 rings (SSSR count). The van der Waals surface area contributed by atoms with Crippen LogP contribution in [0.15, 0.2) is 0 Å². The number of hydrogen-bond acceptors (Lipinski definition) is 3. The number of ether oxygens (including phenoxy) is 1. The quantitative estimate of drug-likeness (QED) is 0.776. The molecule has 0 aromatic carbocycles. The fourth-order valence-corrected chi connectivity index (χ4v) is 2.65. The van der Waals surface area contributed by atoms with Gasteiger partial charge in [0.15, 0.2) is 0 Å². The lowest BCUT2D eigenvalue weighted by Gasteiger charge is -2.43. The fourth-order valence-electron chi connectivity index (χ4n) is 2.65. The average molecular weight is 242 g/mol. The largest absolute Gasteiger partial charge is 0.377 e. The molecule has 3 unspecified atom stereocenters. The monoisotopic (exact) mass is 242 g/mol. The Bertz CT molecular complexity index is 232. The molecule has 0 aromatic heterocycles. The Labute approximate surface area is 107 Å². The zero-order valence-electron chi connectivity index (χ0n) is 12.2. The molecule has 0 radical (unpaired) electrons. The normalized spacial score (nSPS) is 28.9. The number of nitrogens with two attached hydrogens (primary N) is 1. The first-order chi connectivity index (χ1) is 7.90. The number of likely N-dealkylation sites (N-methyl/N-ethyl adjacent to an activating group) is 1. The molecule has 3 heteroatoms. The lowest BCUT2D eigenvalue weighted by molar-refractivity contribution is 0.0300. The van der Waals surface area contributed by atoms with Crippen molar-refractivity contribution in [2.45, 2.75) is 64.6 Å². The van der Waals surface area contributed by atoms with E-state index in [1.54, 1.807) is 0 Å². The number of rotatable bonds is 6. The second kappa shape index (κ2) is 6.17. The van der Waals surface area contributed by atoms with Crippen molar-refractivity contribution in [3.63, 3.8) is 0 Å². The molecule has 3 nitrogen and oxygen atoms in total. The highest BCUT2D eigenvalue weighted by Gasteiger charge is 2.37.